The molecule has 3 atom stereocenters. The van der Waals surface area contributed by atoms with Gasteiger partial charge in [0.1, 0.15) is 6.10 Å². The van der Waals surface area contributed by atoms with E-state index < -0.39 is 37.2 Å². The van der Waals surface area contributed by atoms with Crippen LogP contribution in [-0.4, -0.2) is 52.5 Å². The van der Waals surface area contributed by atoms with Gasteiger partial charge in [-0.1, -0.05) is 0 Å². The van der Waals surface area contributed by atoms with Gasteiger partial charge in [0.15, 0.2) is 5.78 Å². The average Bonchev–Trinajstić information content (AvgIpc) is 2.12. The highest BCUT2D eigenvalue weighted by molar-refractivity contribution is 5.88. The van der Waals surface area contributed by atoms with Gasteiger partial charge in [-0.25, -0.2) is 0 Å². The number of aliphatic hydroxyl groups excluding tert-OH is 3. The Morgan fingerprint density at radius 2 is 1.75 bits per heavy atom. The van der Waals surface area contributed by atoms with Crippen LogP contribution in [0.25, 0.3) is 0 Å². The van der Waals surface area contributed by atoms with E-state index in [0.717, 1.165) is 0 Å². The van der Waals surface area contributed by atoms with Gasteiger partial charge >= 0.3 is 0 Å². The summed E-state index contributed by atoms with van der Waals surface area (Å²) in [5.41, 5.74) is 10.5. The van der Waals surface area contributed by atoms with Crippen LogP contribution < -0.4 is 11.5 Å². The number of hydrogen-bond donors (Lipinski definition) is 5. The number of carbonyl (C=O) groups excluding carboxylic acids is 1. The zero-order valence-corrected chi connectivity index (χ0v) is 6.55. The average molecular weight is 178 g/mol. The number of Topliss-reactive ketones (excluding diaryl/α,β-unsaturated/α-hetero) is 1. The number of carbonyl (C=O) groups is 1. The molecule has 0 aromatic rings. The second-order valence-corrected chi connectivity index (χ2v) is 2.47. The third-order valence-corrected chi connectivity index (χ3v) is 1.50. The van der Waals surface area contributed by atoms with Gasteiger partial charge in [0.2, 0.25) is 0 Å². The summed E-state index contributed by atoms with van der Waals surface area (Å²) in [7, 11) is 0. The number of ketones is 1. The summed E-state index contributed by atoms with van der Waals surface area (Å²) >= 11 is 0. The van der Waals surface area contributed by atoms with Gasteiger partial charge in [-0.15, -0.1) is 0 Å². The fourth-order valence-corrected chi connectivity index (χ4v) is 0.637. The van der Waals surface area contributed by atoms with Crippen molar-refractivity contribution in [3.05, 3.63) is 0 Å². The third-order valence-electron chi connectivity index (χ3n) is 1.50. The van der Waals surface area contributed by atoms with E-state index in [4.69, 9.17) is 26.8 Å². The van der Waals surface area contributed by atoms with Gasteiger partial charge in [-0.3, -0.25) is 4.79 Å². The SMILES string of the molecule is N[C@@H](CO)[C@@H](N)C(=O)[C@H](O)CO. The molecule has 0 rings (SSSR count). The minimum Gasteiger partial charge on any atom is -0.395 e. The van der Waals surface area contributed by atoms with Crippen LogP contribution in [-0.2, 0) is 4.79 Å². The second-order valence-electron chi connectivity index (χ2n) is 2.47. The lowest BCUT2D eigenvalue weighted by molar-refractivity contribution is -0.130. The number of aliphatic hydroxyl groups is 3. The molecule has 0 radical (unpaired) electrons. The van der Waals surface area contributed by atoms with E-state index in [1.165, 1.54) is 0 Å². The van der Waals surface area contributed by atoms with Gasteiger partial charge < -0.3 is 26.8 Å². The zero-order chi connectivity index (χ0) is 9.72. The Balaban J connectivity index is 4.09. The van der Waals surface area contributed by atoms with Gasteiger partial charge in [0.05, 0.1) is 25.3 Å². The van der Waals surface area contributed by atoms with Crippen molar-refractivity contribution in [3.63, 3.8) is 0 Å². The Labute approximate surface area is 69.8 Å². The number of rotatable bonds is 5. The van der Waals surface area contributed by atoms with Gasteiger partial charge in [-0.2, -0.15) is 0 Å². The standard InChI is InChI=1S/C6H14N2O4/c7-3(1-9)5(8)6(12)4(11)2-10/h3-5,9-11H,1-2,7-8H2/t3-,4+,5+/m0/s1. The monoisotopic (exact) mass is 178 g/mol. The molecule has 6 nitrogen and oxygen atoms in total. The fraction of sp³-hybridized carbons (Fsp3) is 0.833. The fourth-order valence-electron chi connectivity index (χ4n) is 0.637. The molecule has 0 bridgehead atoms. The summed E-state index contributed by atoms with van der Waals surface area (Å²) in [5, 5.41) is 25.7. The van der Waals surface area contributed by atoms with Crippen LogP contribution in [0.2, 0.25) is 0 Å². The van der Waals surface area contributed by atoms with Crippen LogP contribution in [0.5, 0.6) is 0 Å². The summed E-state index contributed by atoms with van der Waals surface area (Å²) in [6, 6.07) is -2.05. The van der Waals surface area contributed by atoms with Crippen molar-refractivity contribution in [2.75, 3.05) is 13.2 Å². The molecule has 72 valence electrons. The highest BCUT2D eigenvalue weighted by Gasteiger charge is 2.25. The highest BCUT2D eigenvalue weighted by atomic mass is 16.3. The molecule has 0 amide bonds. The van der Waals surface area contributed by atoms with Crippen LogP contribution in [0.1, 0.15) is 0 Å². The first-order valence-corrected chi connectivity index (χ1v) is 3.49. The maximum Gasteiger partial charge on any atom is 0.181 e. The lowest BCUT2D eigenvalue weighted by Gasteiger charge is -2.18. The van der Waals surface area contributed by atoms with Crippen molar-refractivity contribution in [2.24, 2.45) is 11.5 Å². The van der Waals surface area contributed by atoms with Crippen molar-refractivity contribution in [1.82, 2.24) is 0 Å². The summed E-state index contributed by atoms with van der Waals surface area (Å²) in [5.74, 6) is -0.765. The van der Waals surface area contributed by atoms with E-state index in [1.807, 2.05) is 0 Å². The molecule has 12 heavy (non-hydrogen) atoms. The molecule has 0 aromatic carbocycles. The van der Waals surface area contributed by atoms with Crippen molar-refractivity contribution in [2.45, 2.75) is 18.2 Å². The lowest BCUT2D eigenvalue weighted by Crippen LogP contribution is -2.53. The lowest BCUT2D eigenvalue weighted by atomic mass is 10.0. The van der Waals surface area contributed by atoms with E-state index in [1.54, 1.807) is 0 Å². The van der Waals surface area contributed by atoms with Gasteiger partial charge in [-0.05, 0) is 0 Å². The predicted molar refractivity (Wildman–Crippen MR) is 41.1 cm³/mol. The van der Waals surface area contributed by atoms with Crippen molar-refractivity contribution >= 4 is 5.78 Å². The van der Waals surface area contributed by atoms with Crippen LogP contribution in [0.3, 0.4) is 0 Å². The number of nitrogens with two attached hydrogens (primary N) is 2. The molecular formula is C6H14N2O4. The molecule has 0 aliphatic rings. The molecule has 0 unspecified atom stereocenters. The van der Waals surface area contributed by atoms with Crippen molar-refractivity contribution < 1.29 is 20.1 Å². The molecular weight excluding hydrogens is 164 g/mol. The molecule has 0 aliphatic heterocycles. The van der Waals surface area contributed by atoms with E-state index >= 15 is 0 Å². The Morgan fingerprint density at radius 1 is 1.25 bits per heavy atom. The first-order valence-electron chi connectivity index (χ1n) is 3.49. The minimum atomic E-state index is -1.52. The Kier molecular flexibility index (Phi) is 4.95. The Hall–Kier alpha value is -0.530. The first kappa shape index (κ1) is 11.5. The largest absolute Gasteiger partial charge is 0.395 e. The summed E-state index contributed by atoms with van der Waals surface area (Å²) in [6.07, 6.45) is -1.52. The van der Waals surface area contributed by atoms with Crippen LogP contribution in [0.15, 0.2) is 0 Å². The van der Waals surface area contributed by atoms with Gasteiger partial charge in [0.25, 0.3) is 0 Å². The maximum atomic E-state index is 10.9. The normalized spacial score (nSPS) is 18.4. The summed E-state index contributed by atoms with van der Waals surface area (Å²) in [6.45, 7) is -1.13. The Bertz CT molecular complexity index is 152. The van der Waals surface area contributed by atoms with Crippen molar-refractivity contribution in [3.8, 4) is 0 Å². The first-order chi connectivity index (χ1) is 5.54. The quantitative estimate of drug-likeness (QED) is 0.298. The maximum absolute atomic E-state index is 10.9. The number of hydrogen-bond acceptors (Lipinski definition) is 6. The molecule has 0 aliphatic carbocycles. The summed E-state index contributed by atoms with van der Waals surface area (Å²) in [4.78, 5) is 10.9. The van der Waals surface area contributed by atoms with E-state index in [-0.39, 0.29) is 0 Å². The van der Waals surface area contributed by atoms with Crippen LogP contribution in [0.4, 0.5) is 0 Å². The van der Waals surface area contributed by atoms with Crippen molar-refractivity contribution in [1.29, 1.82) is 0 Å². The van der Waals surface area contributed by atoms with E-state index in [2.05, 4.69) is 0 Å². The molecule has 0 saturated carbocycles. The van der Waals surface area contributed by atoms with Crippen LogP contribution >= 0.6 is 0 Å². The zero-order valence-electron chi connectivity index (χ0n) is 6.55. The molecule has 0 fully saturated rings. The molecule has 0 aromatic heterocycles. The minimum absolute atomic E-state index is 0.439. The molecule has 0 saturated heterocycles. The molecule has 7 N–H and O–H groups in total. The molecule has 0 heterocycles. The predicted octanol–water partition coefficient (Wildman–Crippen LogP) is -3.44. The molecule has 0 spiro atoms. The second kappa shape index (κ2) is 5.18. The summed E-state index contributed by atoms with van der Waals surface area (Å²) < 4.78 is 0. The topological polar surface area (TPSA) is 130 Å². The van der Waals surface area contributed by atoms with E-state index in [9.17, 15) is 4.79 Å². The van der Waals surface area contributed by atoms with E-state index in [0.29, 0.717) is 0 Å². The highest BCUT2D eigenvalue weighted by Crippen LogP contribution is 1.93. The third kappa shape index (κ3) is 2.84. The smallest absolute Gasteiger partial charge is 0.181 e. The Morgan fingerprint density at radius 3 is 2.08 bits per heavy atom. The van der Waals surface area contributed by atoms with Gasteiger partial charge in [0, 0.05) is 0 Å². The van der Waals surface area contributed by atoms with Crippen LogP contribution in [0, 0.1) is 0 Å². The molecule has 6 heteroatoms.